The van der Waals surface area contributed by atoms with Gasteiger partial charge in [0.05, 0.1) is 4.92 Å². The second-order valence-corrected chi connectivity index (χ2v) is 4.91. The lowest BCUT2D eigenvalue weighted by Crippen LogP contribution is -2.34. The van der Waals surface area contributed by atoms with Crippen molar-refractivity contribution in [2.75, 3.05) is 26.2 Å². The molecule has 1 aliphatic rings. The van der Waals surface area contributed by atoms with Crippen molar-refractivity contribution in [3.8, 4) is 5.75 Å². The number of rotatable bonds is 9. The van der Waals surface area contributed by atoms with E-state index in [1.54, 1.807) is 12.1 Å². The molecular formula is C14H19N3O4. The first-order valence-corrected chi connectivity index (χ1v) is 7.02. The van der Waals surface area contributed by atoms with Gasteiger partial charge in [0, 0.05) is 37.7 Å². The SMILES string of the molecule is O=C(NCCNCCOc1ccc([N+](=O)[O-])cc1)C1CC1. The number of amides is 1. The molecule has 1 amide bonds. The largest absolute Gasteiger partial charge is 0.492 e. The fraction of sp³-hybridized carbons (Fsp3) is 0.500. The van der Waals surface area contributed by atoms with Gasteiger partial charge in [-0.2, -0.15) is 0 Å². The maximum Gasteiger partial charge on any atom is 0.269 e. The minimum absolute atomic E-state index is 0.0480. The Morgan fingerprint density at radius 2 is 1.95 bits per heavy atom. The summed E-state index contributed by atoms with van der Waals surface area (Å²) in [5, 5.41) is 16.5. The predicted molar refractivity (Wildman–Crippen MR) is 77.2 cm³/mol. The molecule has 1 aliphatic carbocycles. The van der Waals surface area contributed by atoms with Crippen LogP contribution in [0.4, 0.5) is 5.69 Å². The van der Waals surface area contributed by atoms with Gasteiger partial charge in [0.2, 0.25) is 5.91 Å². The molecule has 0 heterocycles. The summed E-state index contributed by atoms with van der Waals surface area (Å²) in [6, 6.07) is 5.98. The fourth-order valence-electron chi connectivity index (χ4n) is 1.79. The third-order valence-electron chi connectivity index (χ3n) is 3.14. The van der Waals surface area contributed by atoms with Crippen molar-refractivity contribution in [1.82, 2.24) is 10.6 Å². The molecule has 1 saturated carbocycles. The highest BCUT2D eigenvalue weighted by molar-refractivity contribution is 5.80. The Hall–Kier alpha value is -2.15. The van der Waals surface area contributed by atoms with Gasteiger partial charge in [-0.05, 0) is 25.0 Å². The van der Waals surface area contributed by atoms with Crippen molar-refractivity contribution >= 4 is 11.6 Å². The van der Waals surface area contributed by atoms with Crippen LogP contribution in [0.3, 0.4) is 0 Å². The van der Waals surface area contributed by atoms with Gasteiger partial charge in [0.25, 0.3) is 5.69 Å². The molecular weight excluding hydrogens is 274 g/mol. The monoisotopic (exact) mass is 293 g/mol. The van der Waals surface area contributed by atoms with Gasteiger partial charge >= 0.3 is 0 Å². The zero-order valence-corrected chi connectivity index (χ0v) is 11.7. The smallest absolute Gasteiger partial charge is 0.269 e. The molecule has 0 bridgehead atoms. The molecule has 2 rings (SSSR count). The van der Waals surface area contributed by atoms with Gasteiger partial charge in [-0.15, -0.1) is 0 Å². The molecule has 2 N–H and O–H groups in total. The minimum atomic E-state index is -0.443. The Morgan fingerprint density at radius 1 is 1.24 bits per heavy atom. The maximum absolute atomic E-state index is 11.3. The Balaban J connectivity index is 1.51. The van der Waals surface area contributed by atoms with E-state index in [1.165, 1.54) is 12.1 Å². The topological polar surface area (TPSA) is 93.5 Å². The van der Waals surface area contributed by atoms with Crippen molar-refractivity contribution in [3.05, 3.63) is 34.4 Å². The lowest BCUT2D eigenvalue weighted by atomic mass is 10.3. The van der Waals surface area contributed by atoms with Gasteiger partial charge in [0.15, 0.2) is 0 Å². The Bertz CT molecular complexity index is 485. The maximum atomic E-state index is 11.3. The van der Waals surface area contributed by atoms with Crippen molar-refractivity contribution in [2.45, 2.75) is 12.8 Å². The molecule has 21 heavy (non-hydrogen) atoms. The number of non-ortho nitro benzene ring substituents is 1. The van der Waals surface area contributed by atoms with E-state index in [4.69, 9.17) is 4.74 Å². The van der Waals surface area contributed by atoms with E-state index >= 15 is 0 Å². The van der Waals surface area contributed by atoms with Crippen molar-refractivity contribution in [2.24, 2.45) is 5.92 Å². The lowest BCUT2D eigenvalue weighted by molar-refractivity contribution is -0.384. The third kappa shape index (κ3) is 5.39. The number of carbonyl (C=O) groups is 1. The number of nitrogens with zero attached hydrogens (tertiary/aromatic N) is 1. The second kappa shape index (κ2) is 7.58. The number of ether oxygens (including phenoxy) is 1. The number of hydrogen-bond acceptors (Lipinski definition) is 5. The van der Waals surface area contributed by atoms with Gasteiger partial charge in [0.1, 0.15) is 12.4 Å². The molecule has 0 aliphatic heterocycles. The standard InChI is InChI=1S/C14H19N3O4/c18-14(11-1-2-11)16-8-7-15-9-10-21-13-5-3-12(4-6-13)17(19)20/h3-6,11,15H,1-2,7-10H2,(H,16,18). The minimum Gasteiger partial charge on any atom is -0.492 e. The third-order valence-corrected chi connectivity index (χ3v) is 3.14. The van der Waals surface area contributed by atoms with Crippen LogP contribution in [0.2, 0.25) is 0 Å². The van der Waals surface area contributed by atoms with Crippen molar-refractivity contribution < 1.29 is 14.5 Å². The highest BCUT2D eigenvalue weighted by Crippen LogP contribution is 2.28. The number of nitrogens with one attached hydrogen (secondary N) is 2. The van der Waals surface area contributed by atoms with Crippen LogP contribution in [0, 0.1) is 16.0 Å². The van der Waals surface area contributed by atoms with Gasteiger partial charge in [-0.1, -0.05) is 0 Å². The van der Waals surface area contributed by atoms with Crippen molar-refractivity contribution in [1.29, 1.82) is 0 Å². The Kier molecular flexibility index (Phi) is 5.51. The van der Waals surface area contributed by atoms with E-state index in [1.807, 2.05) is 0 Å². The quantitative estimate of drug-likeness (QED) is 0.404. The van der Waals surface area contributed by atoms with Crippen LogP contribution in [-0.2, 0) is 4.79 Å². The Morgan fingerprint density at radius 3 is 2.57 bits per heavy atom. The van der Waals surface area contributed by atoms with E-state index in [0.717, 1.165) is 12.8 Å². The molecule has 0 radical (unpaired) electrons. The number of nitro benzene ring substituents is 1. The van der Waals surface area contributed by atoms with E-state index in [-0.39, 0.29) is 17.5 Å². The lowest BCUT2D eigenvalue weighted by Gasteiger charge is -2.08. The highest BCUT2D eigenvalue weighted by Gasteiger charge is 2.28. The molecule has 114 valence electrons. The zero-order chi connectivity index (χ0) is 15.1. The average molecular weight is 293 g/mol. The van der Waals surface area contributed by atoms with E-state index in [0.29, 0.717) is 32.0 Å². The molecule has 1 fully saturated rings. The van der Waals surface area contributed by atoms with E-state index in [2.05, 4.69) is 10.6 Å². The summed E-state index contributed by atoms with van der Waals surface area (Å²) in [6.45, 7) is 2.43. The number of nitro groups is 1. The molecule has 0 spiro atoms. The molecule has 7 heteroatoms. The van der Waals surface area contributed by atoms with Crippen LogP contribution in [0.15, 0.2) is 24.3 Å². The first-order chi connectivity index (χ1) is 10.2. The van der Waals surface area contributed by atoms with Crippen LogP contribution in [0.5, 0.6) is 5.75 Å². The van der Waals surface area contributed by atoms with Crippen LogP contribution < -0.4 is 15.4 Å². The predicted octanol–water partition coefficient (Wildman–Crippen LogP) is 1.09. The number of carbonyl (C=O) groups excluding carboxylic acids is 1. The number of benzene rings is 1. The average Bonchev–Trinajstić information content (AvgIpc) is 3.31. The summed E-state index contributed by atoms with van der Waals surface area (Å²) in [7, 11) is 0. The van der Waals surface area contributed by atoms with Crippen LogP contribution in [-0.4, -0.2) is 37.1 Å². The molecule has 0 atom stereocenters. The summed E-state index contributed by atoms with van der Waals surface area (Å²) in [4.78, 5) is 21.4. The van der Waals surface area contributed by atoms with Gasteiger partial charge in [-0.3, -0.25) is 14.9 Å². The summed E-state index contributed by atoms with van der Waals surface area (Å²) >= 11 is 0. The van der Waals surface area contributed by atoms with Crippen LogP contribution >= 0.6 is 0 Å². The molecule has 0 aromatic heterocycles. The summed E-state index contributed by atoms with van der Waals surface area (Å²) in [5.41, 5.74) is 0.0480. The van der Waals surface area contributed by atoms with Crippen LogP contribution in [0.1, 0.15) is 12.8 Å². The van der Waals surface area contributed by atoms with Crippen LogP contribution in [0.25, 0.3) is 0 Å². The molecule has 7 nitrogen and oxygen atoms in total. The van der Waals surface area contributed by atoms with Gasteiger partial charge in [-0.25, -0.2) is 0 Å². The normalized spacial score (nSPS) is 13.7. The summed E-state index contributed by atoms with van der Waals surface area (Å²) in [6.07, 6.45) is 2.03. The molecule has 1 aromatic carbocycles. The first-order valence-electron chi connectivity index (χ1n) is 7.02. The summed E-state index contributed by atoms with van der Waals surface area (Å²) in [5.74, 6) is 0.999. The van der Waals surface area contributed by atoms with E-state index < -0.39 is 4.92 Å². The van der Waals surface area contributed by atoms with Gasteiger partial charge < -0.3 is 15.4 Å². The Labute approximate surface area is 122 Å². The fourth-order valence-corrected chi connectivity index (χ4v) is 1.79. The van der Waals surface area contributed by atoms with Crippen molar-refractivity contribution in [3.63, 3.8) is 0 Å². The summed E-state index contributed by atoms with van der Waals surface area (Å²) < 4.78 is 5.44. The molecule has 0 saturated heterocycles. The molecule has 0 unspecified atom stereocenters. The second-order valence-electron chi connectivity index (χ2n) is 4.91. The highest BCUT2D eigenvalue weighted by atomic mass is 16.6. The van der Waals surface area contributed by atoms with E-state index in [9.17, 15) is 14.9 Å². The number of hydrogen-bond donors (Lipinski definition) is 2. The zero-order valence-electron chi connectivity index (χ0n) is 11.7. The molecule has 1 aromatic rings. The first kappa shape index (κ1) is 15.2.